The van der Waals surface area contributed by atoms with Gasteiger partial charge in [0.05, 0.1) is 18.9 Å². The second kappa shape index (κ2) is 8.57. The van der Waals surface area contributed by atoms with Gasteiger partial charge in [-0.25, -0.2) is 4.68 Å². The molecule has 0 aliphatic heterocycles. The third-order valence-electron chi connectivity index (χ3n) is 5.09. The lowest BCUT2D eigenvalue weighted by Crippen LogP contribution is -2.28. The van der Waals surface area contributed by atoms with Crippen molar-refractivity contribution in [1.29, 1.82) is 0 Å². The summed E-state index contributed by atoms with van der Waals surface area (Å²) in [6, 6.07) is 15.5. The van der Waals surface area contributed by atoms with Crippen molar-refractivity contribution < 1.29 is 14.3 Å². The molecule has 4 rings (SSSR count). The quantitative estimate of drug-likeness (QED) is 0.626. The Morgan fingerprint density at radius 1 is 1.17 bits per heavy atom. The summed E-state index contributed by atoms with van der Waals surface area (Å²) in [5.74, 6) is 1.56. The molecule has 0 spiro atoms. The van der Waals surface area contributed by atoms with Crippen molar-refractivity contribution >= 4 is 11.6 Å². The van der Waals surface area contributed by atoms with E-state index < -0.39 is 0 Å². The first-order valence-electron chi connectivity index (χ1n) is 10.2. The SMILES string of the molecule is COc1cccc(-c2nc(OC(C)C)nn2-c2cccc(NC(=O)C3CCC3)c2)c1. The number of hydrogen-bond donors (Lipinski definition) is 1. The Hall–Kier alpha value is -3.35. The Morgan fingerprint density at radius 3 is 2.67 bits per heavy atom. The smallest absolute Gasteiger partial charge is 0.336 e. The Morgan fingerprint density at radius 2 is 1.97 bits per heavy atom. The molecule has 1 amide bonds. The predicted molar refractivity (Wildman–Crippen MR) is 115 cm³/mol. The lowest BCUT2D eigenvalue weighted by Gasteiger charge is -2.24. The van der Waals surface area contributed by atoms with Gasteiger partial charge in [-0.2, -0.15) is 4.98 Å². The highest BCUT2D eigenvalue weighted by molar-refractivity contribution is 5.93. The van der Waals surface area contributed by atoms with Crippen molar-refractivity contribution in [3.8, 4) is 28.8 Å². The van der Waals surface area contributed by atoms with E-state index in [2.05, 4.69) is 15.4 Å². The molecule has 2 aromatic carbocycles. The molecule has 1 fully saturated rings. The minimum Gasteiger partial charge on any atom is -0.497 e. The lowest BCUT2D eigenvalue weighted by molar-refractivity contribution is -0.122. The molecule has 1 aliphatic carbocycles. The molecule has 1 heterocycles. The minimum atomic E-state index is -0.0490. The fraction of sp³-hybridized carbons (Fsp3) is 0.348. The van der Waals surface area contributed by atoms with Gasteiger partial charge in [0.2, 0.25) is 5.91 Å². The van der Waals surface area contributed by atoms with E-state index in [9.17, 15) is 4.79 Å². The standard InChI is InChI=1S/C23H26N4O3/c1-15(2)30-23-25-21(17-9-5-12-20(13-17)29-3)27(26-23)19-11-6-10-18(14-19)24-22(28)16-7-4-8-16/h5-6,9-16H,4,7-8H2,1-3H3,(H,24,28). The molecule has 0 saturated heterocycles. The average molecular weight is 406 g/mol. The maximum Gasteiger partial charge on any atom is 0.336 e. The molecule has 0 radical (unpaired) electrons. The number of amides is 1. The van der Waals surface area contributed by atoms with E-state index in [1.165, 1.54) is 0 Å². The summed E-state index contributed by atoms with van der Waals surface area (Å²) in [6.45, 7) is 3.87. The number of carbonyl (C=O) groups excluding carboxylic acids is 1. The van der Waals surface area contributed by atoms with Gasteiger partial charge in [0.1, 0.15) is 5.75 Å². The van der Waals surface area contributed by atoms with E-state index in [4.69, 9.17) is 9.47 Å². The molecule has 1 aromatic heterocycles. The number of ether oxygens (including phenoxy) is 2. The van der Waals surface area contributed by atoms with E-state index in [-0.39, 0.29) is 17.9 Å². The van der Waals surface area contributed by atoms with Crippen molar-refractivity contribution in [3.63, 3.8) is 0 Å². The fourth-order valence-electron chi connectivity index (χ4n) is 3.31. The van der Waals surface area contributed by atoms with Gasteiger partial charge in [-0.15, -0.1) is 5.10 Å². The second-order valence-electron chi connectivity index (χ2n) is 7.70. The Bertz CT molecular complexity index is 1040. The van der Waals surface area contributed by atoms with Crippen LogP contribution in [0.3, 0.4) is 0 Å². The molecule has 1 saturated carbocycles. The number of methoxy groups -OCH3 is 1. The Labute approximate surface area is 176 Å². The largest absolute Gasteiger partial charge is 0.497 e. The van der Waals surface area contributed by atoms with Crippen molar-refractivity contribution in [2.75, 3.05) is 12.4 Å². The van der Waals surface area contributed by atoms with Gasteiger partial charge in [-0.05, 0) is 57.0 Å². The lowest BCUT2D eigenvalue weighted by atomic mass is 9.85. The number of nitrogens with one attached hydrogen (secondary N) is 1. The zero-order valence-corrected chi connectivity index (χ0v) is 17.5. The summed E-state index contributed by atoms with van der Waals surface area (Å²) < 4.78 is 12.8. The van der Waals surface area contributed by atoms with E-state index >= 15 is 0 Å². The van der Waals surface area contributed by atoms with Crippen LogP contribution in [0.2, 0.25) is 0 Å². The van der Waals surface area contributed by atoms with Gasteiger partial charge in [-0.3, -0.25) is 4.79 Å². The summed E-state index contributed by atoms with van der Waals surface area (Å²) in [5.41, 5.74) is 2.37. The molecule has 7 heteroatoms. The van der Waals surface area contributed by atoms with Gasteiger partial charge in [0.25, 0.3) is 0 Å². The van der Waals surface area contributed by atoms with Gasteiger partial charge in [-0.1, -0.05) is 24.6 Å². The first-order valence-corrected chi connectivity index (χ1v) is 10.2. The number of nitrogens with zero attached hydrogens (tertiary/aromatic N) is 3. The highest BCUT2D eigenvalue weighted by Gasteiger charge is 2.25. The molecule has 0 atom stereocenters. The molecule has 1 N–H and O–H groups in total. The van der Waals surface area contributed by atoms with Crippen LogP contribution in [0.25, 0.3) is 17.1 Å². The van der Waals surface area contributed by atoms with Crippen molar-refractivity contribution in [2.45, 2.75) is 39.2 Å². The van der Waals surface area contributed by atoms with Gasteiger partial charge < -0.3 is 14.8 Å². The van der Waals surface area contributed by atoms with E-state index in [0.717, 1.165) is 42.0 Å². The molecular formula is C23H26N4O3. The maximum absolute atomic E-state index is 12.3. The summed E-state index contributed by atoms with van der Waals surface area (Å²) in [5, 5.41) is 7.58. The van der Waals surface area contributed by atoms with Crippen LogP contribution in [0.4, 0.5) is 5.69 Å². The third-order valence-corrected chi connectivity index (χ3v) is 5.09. The third kappa shape index (κ3) is 4.30. The summed E-state index contributed by atoms with van der Waals surface area (Å²) in [6.07, 6.45) is 3.00. The highest BCUT2D eigenvalue weighted by Crippen LogP contribution is 2.29. The van der Waals surface area contributed by atoms with Crippen molar-refractivity contribution in [3.05, 3.63) is 48.5 Å². The van der Waals surface area contributed by atoms with Crippen LogP contribution in [-0.4, -0.2) is 33.9 Å². The average Bonchev–Trinajstić information content (AvgIpc) is 3.10. The minimum absolute atomic E-state index is 0.0490. The molecule has 1 aliphatic rings. The van der Waals surface area contributed by atoms with Crippen molar-refractivity contribution in [1.82, 2.24) is 14.8 Å². The molecule has 0 bridgehead atoms. The first-order chi connectivity index (χ1) is 14.5. The Kier molecular flexibility index (Phi) is 5.70. The maximum atomic E-state index is 12.3. The summed E-state index contributed by atoms with van der Waals surface area (Å²) in [7, 11) is 1.63. The number of hydrogen-bond acceptors (Lipinski definition) is 5. The Balaban J connectivity index is 1.70. The van der Waals surface area contributed by atoms with Crippen LogP contribution >= 0.6 is 0 Å². The van der Waals surface area contributed by atoms with E-state index in [1.807, 2.05) is 62.4 Å². The normalized spacial score (nSPS) is 13.7. The molecule has 156 valence electrons. The molecule has 3 aromatic rings. The van der Waals surface area contributed by atoms with Crippen LogP contribution in [0.1, 0.15) is 33.1 Å². The number of rotatable bonds is 7. The molecule has 30 heavy (non-hydrogen) atoms. The topological polar surface area (TPSA) is 78.3 Å². The zero-order valence-electron chi connectivity index (χ0n) is 17.5. The first kappa shape index (κ1) is 19.9. The number of anilines is 1. The zero-order chi connectivity index (χ0) is 21.1. The van der Waals surface area contributed by atoms with Gasteiger partial charge >= 0.3 is 6.01 Å². The predicted octanol–water partition coefficient (Wildman–Crippen LogP) is 4.47. The van der Waals surface area contributed by atoms with E-state index in [1.54, 1.807) is 11.8 Å². The van der Waals surface area contributed by atoms with Gasteiger partial charge in [0, 0.05) is 17.2 Å². The van der Waals surface area contributed by atoms with Crippen LogP contribution < -0.4 is 14.8 Å². The fourth-order valence-corrected chi connectivity index (χ4v) is 3.31. The van der Waals surface area contributed by atoms with Crippen LogP contribution in [0.15, 0.2) is 48.5 Å². The van der Waals surface area contributed by atoms with Crippen LogP contribution in [-0.2, 0) is 4.79 Å². The summed E-state index contributed by atoms with van der Waals surface area (Å²) >= 11 is 0. The van der Waals surface area contributed by atoms with Crippen LogP contribution in [0.5, 0.6) is 11.8 Å². The van der Waals surface area contributed by atoms with Crippen LogP contribution in [0, 0.1) is 5.92 Å². The van der Waals surface area contributed by atoms with Crippen molar-refractivity contribution in [2.24, 2.45) is 5.92 Å². The molecule has 0 unspecified atom stereocenters. The molecular weight excluding hydrogens is 380 g/mol. The van der Waals surface area contributed by atoms with Gasteiger partial charge in [0.15, 0.2) is 5.82 Å². The van der Waals surface area contributed by atoms with E-state index in [0.29, 0.717) is 11.8 Å². The second-order valence-corrected chi connectivity index (χ2v) is 7.70. The number of carbonyl (C=O) groups is 1. The monoisotopic (exact) mass is 406 g/mol. The summed E-state index contributed by atoms with van der Waals surface area (Å²) in [4.78, 5) is 16.9. The number of benzene rings is 2. The molecule has 7 nitrogen and oxygen atoms in total. The number of aromatic nitrogens is 3. The highest BCUT2D eigenvalue weighted by atomic mass is 16.5.